The fourth-order valence-corrected chi connectivity index (χ4v) is 3.09. The molecule has 8 heteroatoms. The summed E-state index contributed by atoms with van der Waals surface area (Å²) in [6.45, 7) is 2.72. The average molecular weight is 543 g/mol. The molecule has 1 amide bonds. The second-order valence-corrected chi connectivity index (χ2v) is 7.81. The van der Waals surface area contributed by atoms with Crippen LogP contribution in [0.25, 0.3) is 0 Å². The van der Waals surface area contributed by atoms with E-state index in [1.807, 2.05) is 37.3 Å². The van der Waals surface area contributed by atoms with Gasteiger partial charge in [0, 0.05) is 3.57 Å². The minimum absolute atomic E-state index is 0.135. The third-order valence-electron chi connectivity index (χ3n) is 4.30. The largest absolute Gasteiger partial charge is 0.490 e. The molecular weight excluding hydrogens is 524 g/mol. The van der Waals surface area contributed by atoms with Crippen molar-refractivity contribution >= 4 is 34.7 Å². The number of hydrogen-bond donors (Lipinski definition) is 1. The highest BCUT2D eigenvalue weighted by Gasteiger charge is 2.12. The van der Waals surface area contributed by atoms with E-state index in [4.69, 9.17) is 14.7 Å². The Balaban J connectivity index is 1.66. The lowest BCUT2D eigenvalue weighted by atomic mass is 10.1. The number of ether oxygens (including phenoxy) is 2. The van der Waals surface area contributed by atoms with Crippen LogP contribution in [0.3, 0.4) is 0 Å². The molecule has 1 N–H and O–H groups in total. The van der Waals surface area contributed by atoms with Gasteiger partial charge in [0.15, 0.2) is 11.5 Å². The minimum atomic E-state index is -0.787. The number of nitrogens with zero attached hydrogens (tertiary/aromatic N) is 2. The van der Waals surface area contributed by atoms with Crippen LogP contribution in [0.4, 0.5) is 4.39 Å². The van der Waals surface area contributed by atoms with Gasteiger partial charge in [-0.15, -0.1) is 0 Å². The summed E-state index contributed by atoms with van der Waals surface area (Å²) in [6.07, 6.45) is 1.42. The van der Waals surface area contributed by atoms with Gasteiger partial charge in [-0.1, -0.05) is 12.1 Å². The van der Waals surface area contributed by atoms with Gasteiger partial charge in [-0.2, -0.15) is 10.4 Å². The van der Waals surface area contributed by atoms with E-state index >= 15 is 0 Å². The van der Waals surface area contributed by atoms with E-state index in [0.717, 1.165) is 15.2 Å². The molecule has 0 saturated heterocycles. The number of amides is 1. The molecule has 0 aliphatic carbocycles. The van der Waals surface area contributed by atoms with Gasteiger partial charge >= 0.3 is 0 Å². The molecule has 0 atom stereocenters. The summed E-state index contributed by atoms with van der Waals surface area (Å²) in [5.41, 5.74) is 3.91. The zero-order valence-corrected chi connectivity index (χ0v) is 19.3. The smallest absolute Gasteiger partial charge is 0.274 e. The Bertz CT molecular complexity index is 1170. The summed E-state index contributed by atoms with van der Waals surface area (Å²) < 4.78 is 26.7. The van der Waals surface area contributed by atoms with Crippen LogP contribution in [-0.2, 0) is 6.61 Å². The first-order chi connectivity index (χ1) is 15.5. The summed E-state index contributed by atoms with van der Waals surface area (Å²) in [5, 5.41) is 12.7. The first-order valence-electron chi connectivity index (χ1n) is 9.67. The first-order valence-corrected chi connectivity index (χ1v) is 10.7. The monoisotopic (exact) mass is 543 g/mol. The molecule has 162 valence electrons. The Hall–Kier alpha value is -3.45. The average Bonchev–Trinajstić information content (AvgIpc) is 2.79. The Morgan fingerprint density at radius 1 is 1.12 bits per heavy atom. The fourth-order valence-electron chi connectivity index (χ4n) is 2.73. The molecule has 0 heterocycles. The Labute approximate surface area is 198 Å². The van der Waals surface area contributed by atoms with E-state index in [2.05, 4.69) is 33.1 Å². The van der Waals surface area contributed by atoms with Gasteiger partial charge in [0.2, 0.25) is 0 Å². The summed E-state index contributed by atoms with van der Waals surface area (Å²) in [5.74, 6) is -0.367. The van der Waals surface area contributed by atoms with Gasteiger partial charge in [-0.25, -0.2) is 9.82 Å². The highest BCUT2D eigenvalue weighted by molar-refractivity contribution is 14.1. The Morgan fingerprint density at radius 2 is 1.91 bits per heavy atom. The summed E-state index contributed by atoms with van der Waals surface area (Å²) in [6, 6.07) is 18.7. The quantitative estimate of drug-likeness (QED) is 0.245. The lowest BCUT2D eigenvalue weighted by Crippen LogP contribution is -2.19. The van der Waals surface area contributed by atoms with Crippen LogP contribution in [0.15, 0.2) is 65.8 Å². The molecule has 3 rings (SSSR count). The zero-order chi connectivity index (χ0) is 22.9. The molecule has 0 aliphatic rings. The summed E-state index contributed by atoms with van der Waals surface area (Å²) in [7, 11) is 0. The Kier molecular flexibility index (Phi) is 8.16. The maximum atomic E-state index is 13.9. The van der Waals surface area contributed by atoms with Crippen molar-refractivity contribution < 1.29 is 18.7 Å². The predicted octanol–water partition coefficient (Wildman–Crippen LogP) is 5.04. The van der Waals surface area contributed by atoms with E-state index in [1.54, 1.807) is 18.2 Å². The summed E-state index contributed by atoms with van der Waals surface area (Å²) >= 11 is 2.25. The number of hydrogen-bond acceptors (Lipinski definition) is 5. The van der Waals surface area contributed by atoms with E-state index in [0.29, 0.717) is 30.3 Å². The molecule has 0 aliphatic heterocycles. The van der Waals surface area contributed by atoms with Crippen LogP contribution in [0, 0.1) is 20.7 Å². The zero-order valence-electron chi connectivity index (χ0n) is 17.1. The normalized spacial score (nSPS) is 10.6. The van der Waals surface area contributed by atoms with Crippen LogP contribution in [0.2, 0.25) is 0 Å². The van der Waals surface area contributed by atoms with Crippen molar-refractivity contribution in [1.29, 1.82) is 5.26 Å². The van der Waals surface area contributed by atoms with Gasteiger partial charge in [0.25, 0.3) is 5.91 Å². The van der Waals surface area contributed by atoms with Crippen molar-refractivity contribution in [2.45, 2.75) is 13.5 Å². The second kappa shape index (κ2) is 11.2. The lowest BCUT2D eigenvalue weighted by Gasteiger charge is -2.12. The van der Waals surface area contributed by atoms with Crippen LogP contribution in [-0.4, -0.2) is 18.7 Å². The van der Waals surface area contributed by atoms with Crippen LogP contribution in [0.1, 0.15) is 34.0 Å². The number of benzene rings is 3. The number of hydrazone groups is 1. The van der Waals surface area contributed by atoms with Crippen molar-refractivity contribution in [3.8, 4) is 17.6 Å². The topological polar surface area (TPSA) is 83.7 Å². The molecule has 0 radical (unpaired) electrons. The number of nitrogens with one attached hydrogen (secondary N) is 1. The van der Waals surface area contributed by atoms with Gasteiger partial charge in [0.05, 0.1) is 30.0 Å². The molecule has 3 aromatic carbocycles. The number of carbonyl (C=O) groups excluding carboxylic acids is 1. The third-order valence-corrected chi connectivity index (χ3v) is 5.02. The van der Waals surface area contributed by atoms with Crippen LogP contribution >= 0.6 is 22.6 Å². The Morgan fingerprint density at radius 3 is 2.59 bits per heavy atom. The predicted molar refractivity (Wildman–Crippen MR) is 127 cm³/mol. The van der Waals surface area contributed by atoms with Crippen LogP contribution < -0.4 is 14.9 Å². The second-order valence-electron chi connectivity index (χ2n) is 6.56. The van der Waals surface area contributed by atoms with Crippen molar-refractivity contribution in [2.75, 3.05) is 6.61 Å². The van der Waals surface area contributed by atoms with Crippen molar-refractivity contribution in [1.82, 2.24) is 5.43 Å². The van der Waals surface area contributed by atoms with Crippen LogP contribution in [0.5, 0.6) is 11.5 Å². The molecule has 0 saturated carbocycles. The maximum absolute atomic E-state index is 13.9. The van der Waals surface area contributed by atoms with Crippen molar-refractivity contribution in [3.63, 3.8) is 0 Å². The van der Waals surface area contributed by atoms with E-state index in [1.165, 1.54) is 18.3 Å². The third kappa shape index (κ3) is 6.28. The SMILES string of the molecule is CCOc1cc(/C=N\NC(=O)c2ccc(C#N)cc2F)ccc1OCc1ccc(I)cc1. The molecule has 0 fully saturated rings. The number of halogens is 2. The maximum Gasteiger partial charge on any atom is 0.274 e. The van der Waals surface area contributed by atoms with Gasteiger partial charge in [-0.05, 0) is 89.2 Å². The highest BCUT2D eigenvalue weighted by atomic mass is 127. The fraction of sp³-hybridized carbons (Fsp3) is 0.125. The molecule has 0 bridgehead atoms. The summed E-state index contributed by atoms with van der Waals surface area (Å²) in [4.78, 5) is 12.1. The number of carbonyl (C=O) groups is 1. The van der Waals surface area contributed by atoms with Crippen molar-refractivity contribution in [3.05, 3.63) is 92.3 Å². The lowest BCUT2D eigenvalue weighted by molar-refractivity contribution is 0.0951. The van der Waals surface area contributed by atoms with Gasteiger partial charge in [-0.3, -0.25) is 4.79 Å². The first kappa shape index (κ1) is 23.2. The van der Waals surface area contributed by atoms with E-state index < -0.39 is 11.7 Å². The molecule has 6 nitrogen and oxygen atoms in total. The molecule has 0 aromatic heterocycles. The molecule has 32 heavy (non-hydrogen) atoms. The molecule has 0 unspecified atom stereocenters. The van der Waals surface area contributed by atoms with Crippen molar-refractivity contribution in [2.24, 2.45) is 5.10 Å². The molecule has 3 aromatic rings. The number of nitriles is 1. The standard InChI is InChI=1S/C24H19FIN3O3/c1-2-31-23-12-18(6-10-22(23)32-15-16-3-7-19(26)8-4-16)14-28-29-24(30)20-9-5-17(13-27)11-21(20)25/h3-12,14H,2,15H2,1H3,(H,29,30)/b28-14-. The van der Waals surface area contributed by atoms with Gasteiger partial charge in [0.1, 0.15) is 12.4 Å². The van der Waals surface area contributed by atoms with E-state index in [9.17, 15) is 9.18 Å². The van der Waals surface area contributed by atoms with E-state index in [-0.39, 0.29) is 11.1 Å². The molecular formula is C24H19FIN3O3. The minimum Gasteiger partial charge on any atom is -0.490 e. The highest BCUT2D eigenvalue weighted by Crippen LogP contribution is 2.29. The van der Waals surface area contributed by atoms with Gasteiger partial charge < -0.3 is 9.47 Å². The molecule has 0 spiro atoms. The number of rotatable bonds is 8.